The summed E-state index contributed by atoms with van der Waals surface area (Å²) in [5.41, 5.74) is 1.19. The first kappa shape index (κ1) is 9.70. The molecule has 0 fully saturated rings. The molecule has 1 aromatic carbocycles. The number of carbonyl (C=O) groups is 1. The van der Waals surface area contributed by atoms with Gasteiger partial charge in [0, 0.05) is 0 Å². The van der Waals surface area contributed by atoms with Gasteiger partial charge in [0.15, 0.2) is 0 Å². The zero-order valence-corrected chi connectivity index (χ0v) is 9.98. The average molecular weight is 279 g/mol. The Balaban J connectivity index is 2.23. The Morgan fingerprint density at radius 3 is 3.06 bits per heavy atom. The molecule has 1 aliphatic rings. The molecule has 2 heterocycles. The SMILES string of the molecule is O=C(O)C1=Cc2ccc3cc[se]c3c2OC1. The van der Waals surface area contributed by atoms with Crippen molar-refractivity contribution in [3.8, 4) is 5.75 Å². The van der Waals surface area contributed by atoms with E-state index in [1.807, 2.05) is 12.1 Å². The third-order valence-electron chi connectivity index (χ3n) is 2.58. The quantitative estimate of drug-likeness (QED) is 0.809. The molecule has 0 unspecified atom stereocenters. The van der Waals surface area contributed by atoms with Crippen molar-refractivity contribution in [3.05, 3.63) is 34.3 Å². The minimum absolute atomic E-state index is 0.162. The molecule has 0 bridgehead atoms. The Hall–Kier alpha value is -1.51. The van der Waals surface area contributed by atoms with Gasteiger partial charge < -0.3 is 0 Å². The van der Waals surface area contributed by atoms with E-state index in [4.69, 9.17) is 9.84 Å². The van der Waals surface area contributed by atoms with Crippen molar-refractivity contribution in [1.82, 2.24) is 0 Å². The standard InChI is InChI=1S/C12H8O3Se/c13-12(14)9-5-8-2-1-7-3-4-16-11(7)10(8)15-6-9/h1-5H,6H2,(H,13,14). The summed E-state index contributed by atoms with van der Waals surface area (Å²) in [6.07, 6.45) is 1.70. The van der Waals surface area contributed by atoms with E-state index >= 15 is 0 Å². The van der Waals surface area contributed by atoms with Gasteiger partial charge in [-0.1, -0.05) is 0 Å². The number of carboxylic acids is 1. The second kappa shape index (κ2) is 3.51. The van der Waals surface area contributed by atoms with Gasteiger partial charge in [-0.15, -0.1) is 0 Å². The van der Waals surface area contributed by atoms with E-state index < -0.39 is 5.97 Å². The molecular formula is C12H8O3Se. The zero-order chi connectivity index (χ0) is 11.1. The number of ether oxygens (including phenoxy) is 1. The van der Waals surface area contributed by atoms with Gasteiger partial charge in [0.25, 0.3) is 0 Å². The third-order valence-corrected chi connectivity index (χ3v) is 4.53. The Labute approximate surface area is 97.7 Å². The van der Waals surface area contributed by atoms with Crippen molar-refractivity contribution in [3.63, 3.8) is 0 Å². The summed E-state index contributed by atoms with van der Waals surface area (Å²) in [4.78, 5) is 13.0. The first-order chi connectivity index (χ1) is 7.75. The van der Waals surface area contributed by atoms with E-state index in [1.54, 1.807) is 6.08 Å². The van der Waals surface area contributed by atoms with Crippen molar-refractivity contribution in [2.45, 2.75) is 0 Å². The molecule has 1 aliphatic heterocycles. The van der Waals surface area contributed by atoms with Gasteiger partial charge in [-0.2, -0.15) is 0 Å². The normalized spacial score (nSPS) is 14.1. The number of aliphatic carboxylic acids is 1. The molecule has 0 aliphatic carbocycles. The van der Waals surface area contributed by atoms with Gasteiger partial charge in [0.1, 0.15) is 0 Å². The van der Waals surface area contributed by atoms with Crippen LogP contribution < -0.4 is 4.74 Å². The van der Waals surface area contributed by atoms with Crippen molar-refractivity contribution >= 4 is 36.2 Å². The van der Waals surface area contributed by atoms with E-state index in [1.165, 1.54) is 9.65 Å². The molecule has 2 aromatic rings. The molecular weight excluding hydrogens is 271 g/mol. The third kappa shape index (κ3) is 1.39. The molecule has 3 nitrogen and oxygen atoms in total. The van der Waals surface area contributed by atoms with Crippen molar-refractivity contribution in [2.24, 2.45) is 0 Å². The second-order valence-electron chi connectivity index (χ2n) is 3.59. The van der Waals surface area contributed by atoms with E-state index in [-0.39, 0.29) is 6.61 Å². The molecule has 3 rings (SSSR count). The molecule has 0 spiro atoms. The summed E-state index contributed by atoms with van der Waals surface area (Å²) in [6.45, 7) is 0.162. The second-order valence-corrected chi connectivity index (χ2v) is 5.51. The van der Waals surface area contributed by atoms with E-state index in [0.29, 0.717) is 20.1 Å². The van der Waals surface area contributed by atoms with Crippen LogP contribution in [0.15, 0.2) is 28.7 Å². The first-order valence-electron chi connectivity index (χ1n) is 4.82. The maximum absolute atomic E-state index is 10.8. The fourth-order valence-electron chi connectivity index (χ4n) is 1.79. The monoisotopic (exact) mass is 280 g/mol. The molecule has 0 saturated heterocycles. The van der Waals surface area contributed by atoms with Crippen LogP contribution in [0, 0.1) is 0 Å². The molecule has 0 saturated carbocycles. The van der Waals surface area contributed by atoms with Crippen LogP contribution in [0.2, 0.25) is 0 Å². The molecule has 16 heavy (non-hydrogen) atoms. The van der Waals surface area contributed by atoms with Crippen LogP contribution in [0.4, 0.5) is 0 Å². The number of hydrogen-bond donors (Lipinski definition) is 1. The van der Waals surface area contributed by atoms with Crippen molar-refractivity contribution < 1.29 is 14.6 Å². The first-order valence-corrected chi connectivity index (χ1v) is 6.67. The van der Waals surface area contributed by atoms with Crippen LogP contribution in [0.5, 0.6) is 5.75 Å². The summed E-state index contributed by atoms with van der Waals surface area (Å²) in [5, 5.41) is 10.1. The number of carboxylic acid groups (broad SMARTS) is 1. The van der Waals surface area contributed by atoms with Gasteiger partial charge in [-0.3, -0.25) is 0 Å². The van der Waals surface area contributed by atoms with Crippen LogP contribution in [0.3, 0.4) is 0 Å². The zero-order valence-electron chi connectivity index (χ0n) is 8.27. The maximum atomic E-state index is 10.8. The number of benzene rings is 1. The molecule has 80 valence electrons. The van der Waals surface area contributed by atoms with E-state index in [0.717, 1.165) is 11.3 Å². The predicted molar refractivity (Wildman–Crippen MR) is 62.0 cm³/mol. The van der Waals surface area contributed by atoms with Gasteiger partial charge in [0.2, 0.25) is 0 Å². The fourth-order valence-corrected chi connectivity index (χ4v) is 3.69. The summed E-state index contributed by atoms with van der Waals surface area (Å²) in [7, 11) is 0. The Bertz CT molecular complexity index is 610. The van der Waals surface area contributed by atoms with Crippen LogP contribution in [0.1, 0.15) is 5.56 Å². The topological polar surface area (TPSA) is 46.5 Å². The summed E-state index contributed by atoms with van der Waals surface area (Å²) >= 11 is 0.315. The van der Waals surface area contributed by atoms with Crippen LogP contribution >= 0.6 is 0 Å². The number of hydrogen-bond acceptors (Lipinski definition) is 2. The summed E-state index contributed by atoms with van der Waals surface area (Å²) < 4.78 is 6.79. The van der Waals surface area contributed by atoms with Gasteiger partial charge >= 0.3 is 97.5 Å². The van der Waals surface area contributed by atoms with Crippen LogP contribution in [0.25, 0.3) is 15.7 Å². The van der Waals surface area contributed by atoms with Gasteiger partial charge in [-0.25, -0.2) is 0 Å². The van der Waals surface area contributed by atoms with Crippen molar-refractivity contribution in [1.29, 1.82) is 0 Å². The minimum atomic E-state index is -0.908. The molecule has 0 atom stereocenters. The Kier molecular flexibility index (Phi) is 2.13. The Morgan fingerprint density at radius 1 is 1.38 bits per heavy atom. The number of fused-ring (bicyclic) bond motifs is 3. The van der Waals surface area contributed by atoms with E-state index in [2.05, 4.69) is 11.0 Å². The average Bonchev–Trinajstić information content (AvgIpc) is 2.76. The summed E-state index contributed by atoms with van der Waals surface area (Å²) in [5.74, 6) is -0.0396. The molecule has 1 aromatic heterocycles. The van der Waals surface area contributed by atoms with Crippen molar-refractivity contribution in [2.75, 3.05) is 6.61 Å². The summed E-state index contributed by atoms with van der Waals surface area (Å²) in [6, 6.07) is 6.03. The molecule has 4 heteroatoms. The Morgan fingerprint density at radius 2 is 2.25 bits per heavy atom. The fraction of sp³-hybridized carbons (Fsp3) is 0.0833. The van der Waals surface area contributed by atoms with Gasteiger partial charge in [0.05, 0.1) is 0 Å². The van der Waals surface area contributed by atoms with Gasteiger partial charge in [-0.05, 0) is 0 Å². The van der Waals surface area contributed by atoms with Crippen LogP contribution in [-0.4, -0.2) is 32.2 Å². The predicted octanol–water partition coefficient (Wildman–Crippen LogP) is 1.76. The molecule has 0 amide bonds. The van der Waals surface area contributed by atoms with Crippen LogP contribution in [-0.2, 0) is 4.79 Å². The molecule has 1 N–H and O–H groups in total. The number of rotatable bonds is 1. The van der Waals surface area contributed by atoms with E-state index in [9.17, 15) is 4.79 Å². The molecule has 0 radical (unpaired) electrons.